The predicted octanol–water partition coefficient (Wildman–Crippen LogP) is 4.61. The molecule has 0 saturated heterocycles. The summed E-state index contributed by atoms with van der Waals surface area (Å²) in [7, 11) is 0. The molecule has 24 heavy (non-hydrogen) atoms. The average Bonchev–Trinajstić information content (AvgIpc) is 2.55. The Morgan fingerprint density at radius 2 is 1.71 bits per heavy atom. The van der Waals surface area contributed by atoms with E-state index in [1.54, 1.807) is 18.2 Å². The molecule has 1 heterocycles. The minimum atomic E-state index is -4.41. The topological polar surface area (TPSA) is 58.0 Å². The number of anilines is 2. The Morgan fingerprint density at radius 1 is 0.958 bits per heavy atom. The third-order valence-corrected chi connectivity index (χ3v) is 3.26. The van der Waals surface area contributed by atoms with Gasteiger partial charge in [0.25, 0.3) is 0 Å². The maximum Gasteiger partial charge on any atom is 0.416 e. The summed E-state index contributed by atoms with van der Waals surface area (Å²) in [5.74, 6) is 0.315. The summed E-state index contributed by atoms with van der Waals surface area (Å²) < 4.78 is 38.2. The Bertz CT molecular complexity index is 848. The maximum atomic E-state index is 12.7. The highest BCUT2D eigenvalue weighted by Gasteiger charge is 2.30. The number of hydrogen-bond donors (Lipinski definition) is 2. The summed E-state index contributed by atoms with van der Waals surface area (Å²) >= 11 is 0. The van der Waals surface area contributed by atoms with Gasteiger partial charge in [-0.05, 0) is 48.5 Å². The molecule has 0 atom stereocenters. The van der Waals surface area contributed by atoms with Crippen molar-refractivity contribution in [2.24, 2.45) is 0 Å². The number of nitrogens with zero attached hydrogens (tertiary/aromatic N) is 2. The second kappa shape index (κ2) is 6.19. The van der Waals surface area contributed by atoms with Crippen LogP contribution in [0.2, 0.25) is 0 Å². The molecule has 4 nitrogen and oxygen atoms in total. The zero-order valence-electron chi connectivity index (χ0n) is 12.2. The molecule has 0 aliphatic heterocycles. The largest absolute Gasteiger partial charge is 0.508 e. The van der Waals surface area contributed by atoms with Gasteiger partial charge in [-0.25, -0.2) is 9.97 Å². The van der Waals surface area contributed by atoms with Crippen molar-refractivity contribution >= 4 is 11.6 Å². The zero-order chi connectivity index (χ0) is 17.2. The highest BCUT2D eigenvalue weighted by molar-refractivity contribution is 5.62. The van der Waals surface area contributed by atoms with E-state index >= 15 is 0 Å². The lowest BCUT2D eigenvalue weighted by atomic mass is 10.1. The molecule has 0 saturated carbocycles. The summed E-state index contributed by atoms with van der Waals surface area (Å²) in [6.07, 6.45) is -2.91. The van der Waals surface area contributed by atoms with Crippen LogP contribution in [0.5, 0.6) is 5.75 Å². The van der Waals surface area contributed by atoms with Crippen LogP contribution in [0.1, 0.15) is 5.56 Å². The highest BCUT2D eigenvalue weighted by Crippen LogP contribution is 2.31. The van der Waals surface area contributed by atoms with E-state index in [4.69, 9.17) is 0 Å². The number of alkyl halides is 3. The van der Waals surface area contributed by atoms with E-state index in [2.05, 4.69) is 15.3 Å². The highest BCUT2D eigenvalue weighted by atomic mass is 19.4. The molecule has 2 N–H and O–H groups in total. The van der Waals surface area contributed by atoms with Crippen LogP contribution in [0.3, 0.4) is 0 Å². The molecule has 3 aromatic rings. The average molecular weight is 331 g/mol. The van der Waals surface area contributed by atoms with Crippen LogP contribution >= 0.6 is 0 Å². The molecule has 0 aliphatic rings. The first kappa shape index (κ1) is 15.8. The van der Waals surface area contributed by atoms with E-state index in [9.17, 15) is 18.3 Å². The number of phenolic OH excluding ortho intramolecular Hbond substituents is 1. The van der Waals surface area contributed by atoms with E-state index < -0.39 is 11.7 Å². The van der Waals surface area contributed by atoms with E-state index in [0.29, 0.717) is 5.69 Å². The van der Waals surface area contributed by atoms with Crippen molar-refractivity contribution in [2.75, 3.05) is 5.32 Å². The first-order valence-corrected chi connectivity index (χ1v) is 6.98. The molecule has 0 unspecified atom stereocenters. The molecule has 122 valence electrons. The minimum Gasteiger partial charge on any atom is -0.508 e. The Hall–Kier alpha value is -3.09. The Morgan fingerprint density at radius 3 is 2.42 bits per heavy atom. The molecular weight excluding hydrogens is 319 g/mol. The van der Waals surface area contributed by atoms with Crippen molar-refractivity contribution in [3.63, 3.8) is 0 Å². The number of aromatic hydroxyl groups is 1. The number of hydrogen-bond acceptors (Lipinski definition) is 4. The number of aromatic nitrogens is 2. The van der Waals surface area contributed by atoms with Gasteiger partial charge in [-0.3, -0.25) is 0 Å². The molecule has 1 aromatic heterocycles. The molecule has 7 heteroatoms. The lowest BCUT2D eigenvalue weighted by molar-refractivity contribution is -0.137. The second-order valence-corrected chi connectivity index (χ2v) is 5.02. The van der Waals surface area contributed by atoms with Crippen molar-refractivity contribution in [2.45, 2.75) is 6.18 Å². The summed E-state index contributed by atoms with van der Waals surface area (Å²) in [6.45, 7) is 0. The summed E-state index contributed by atoms with van der Waals surface area (Å²) in [5, 5.41) is 12.1. The van der Waals surface area contributed by atoms with E-state index in [1.807, 2.05) is 0 Å². The van der Waals surface area contributed by atoms with E-state index in [1.165, 1.54) is 30.5 Å². The number of nitrogens with one attached hydrogen (secondary N) is 1. The monoisotopic (exact) mass is 331 g/mol. The molecule has 0 fully saturated rings. The van der Waals surface area contributed by atoms with Crippen molar-refractivity contribution in [1.29, 1.82) is 0 Å². The summed E-state index contributed by atoms with van der Waals surface area (Å²) in [5.41, 5.74) is 0.830. The van der Waals surface area contributed by atoms with E-state index in [0.717, 1.165) is 17.7 Å². The van der Waals surface area contributed by atoms with Gasteiger partial charge in [-0.15, -0.1) is 0 Å². The molecule has 3 rings (SSSR count). The second-order valence-electron chi connectivity index (χ2n) is 5.02. The maximum absolute atomic E-state index is 12.7. The van der Waals surface area contributed by atoms with Crippen LogP contribution in [0.4, 0.5) is 24.8 Å². The van der Waals surface area contributed by atoms with Crippen LogP contribution < -0.4 is 5.32 Å². The number of phenols is 1. The van der Waals surface area contributed by atoms with Crippen molar-refractivity contribution in [3.8, 4) is 17.0 Å². The van der Waals surface area contributed by atoms with Gasteiger partial charge in [0.2, 0.25) is 5.95 Å². The third-order valence-electron chi connectivity index (χ3n) is 3.26. The van der Waals surface area contributed by atoms with Crippen LogP contribution in [-0.2, 0) is 6.18 Å². The molecule has 0 bridgehead atoms. The molecule has 2 aromatic carbocycles. The first-order valence-electron chi connectivity index (χ1n) is 6.98. The van der Waals surface area contributed by atoms with Crippen molar-refractivity contribution in [3.05, 3.63) is 66.4 Å². The molecule has 0 radical (unpaired) electrons. The third kappa shape index (κ3) is 3.62. The number of benzene rings is 2. The molecule has 0 aliphatic carbocycles. The number of halogens is 3. The van der Waals surface area contributed by atoms with Gasteiger partial charge in [0.15, 0.2) is 0 Å². The van der Waals surface area contributed by atoms with Gasteiger partial charge in [-0.2, -0.15) is 13.2 Å². The molecule has 0 amide bonds. The standard InChI is InChI=1S/C17H12F3N3O/c18-17(19,20)12-2-1-3-13(10-12)22-16-21-9-8-15(23-16)11-4-6-14(24)7-5-11/h1-10,24H,(H,21,22,23). The first-order chi connectivity index (χ1) is 11.4. The lowest BCUT2D eigenvalue weighted by Gasteiger charge is -2.10. The van der Waals surface area contributed by atoms with Crippen LogP contribution in [0.25, 0.3) is 11.3 Å². The molecule has 0 spiro atoms. The Kier molecular flexibility index (Phi) is 4.07. The Balaban J connectivity index is 1.86. The fourth-order valence-electron chi connectivity index (χ4n) is 2.11. The van der Waals surface area contributed by atoms with Gasteiger partial charge in [0.1, 0.15) is 5.75 Å². The summed E-state index contributed by atoms with van der Waals surface area (Å²) in [6, 6.07) is 12.9. The smallest absolute Gasteiger partial charge is 0.416 e. The molecular formula is C17H12F3N3O. The zero-order valence-corrected chi connectivity index (χ0v) is 12.2. The van der Waals surface area contributed by atoms with Crippen LogP contribution in [-0.4, -0.2) is 15.1 Å². The van der Waals surface area contributed by atoms with Gasteiger partial charge in [0, 0.05) is 17.4 Å². The van der Waals surface area contributed by atoms with Gasteiger partial charge in [-0.1, -0.05) is 6.07 Å². The lowest BCUT2D eigenvalue weighted by Crippen LogP contribution is -2.05. The fourth-order valence-corrected chi connectivity index (χ4v) is 2.11. The van der Waals surface area contributed by atoms with Gasteiger partial charge >= 0.3 is 6.18 Å². The van der Waals surface area contributed by atoms with Crippen LogP contribution in [0, 0.1) is 0 Å². The van der Waals surface area contributed by atoms with Crippen molar-refractivity contribution < 1.29 is 18.3 Å². The normalized spacial score (nSPS) is 11.3. The SMILES string of the molecule is Oc1ccc(-c2ccnc(Nc3cccc(C(F)(F)F)c3)n2)cc1. The number of rotatable bonds is 3. The van der Waals surface area contributed by atoms with E-state index in [-0.39, 0.29) is 17.4 Å². The van der Waals surface area contributed by atoms with Crippen molar-refractivity contribution in [1.82, 2.24) is 9.97 Å². The van der Waals surface area contributed by atoms with Gasteiger partial charge in [0.05, 0.1) is 11.3 Å². The predicted molar refractivity (Wildman–Crippen MR) is 83.9 cm³/mol. The summed E-state index contributed by atoms with van der Waals surface area (Å²) in [4.78, 5) is 8.29. The fraction of sp³-hybridized carbons (Fsp3) is 0.0588. The van der Waals surface area contributed by atoms with Crippen LogP contribution in [0.15, 0.2) is 60.8 Å². The quantitative estimate of drug-likeness (QED) is 0.736. The Labute approximate surface area is 135 Å². The van der Waals surface area contributed by atoms with Gasteiger partial charge < -0.3 is 10.4 Å². The minimum absolute atomic E-state index is 0.134.